The number of fused-ring (bicyclic) bond motifs is 1. The molecule has 3 aromatic rings. The fraction of sp³-hybridized carbons (Fsp3) is 0.577. The van der Waals surface area contributed by atoms with Gasteiger partial charge in [0.15, 0.2) is 11.5 Å². The van der Waals surface area contributed by atoms with Crippen LogP contribution >= 0.6 is 0 Å². The highest BCUT2D eigenvalue weighted by molar-refractivity contribution is 5.83. The molecule has 0 spiro atoms. The van der Waals surface area contributed by atoms with E-state index in [2.05, 4.69) is 60.3 Å². The summed E-state index contributed by atoms with van der Waals surface area (Å²) in [4.78, 5) is 25.0. The van der Waals surface area contributed by atoms with Crippen molar-refractivity contribution in [1.29, 1.82) is 0 Å². The number of nitrogens with zero attached hydrogens (tertiary/aromatic N) is 6. The Labute approximate surface area is 206 Å². The molecule has 0 saturated carbocycles. The van der Waals surface area contributed by atoms with E-state index in [0.29, 0.717) is 12.1 Å². The van der Waals surface area contributed by atoms with Crippen LogP contribution in [-0.2, 0) is 11.3 Å². The summed E-state index contributed by atoms with van der Waals surface area (Å²) in [5.41, 5.74) is 3.04. The molecule has 1 aromatic carbocycles. The normalized spacial score (nSPS) is 21.5. The van der Waals surface area contributed by atoms with E-state index in [1.807, 2.05) is 0 Å². The summed E-state index contributed by atoms with van der Waals surface area (Å²) < 4.78 is 5.53. The van der Waals surface area contributed by atoms with Crippen molar-refractivity contribution in [2.75, 3.05) is 62.7 Å². The molecule has 3 saturated heterocycles. The van der Waals surface area contributed by atoms with E-state index in [-0.39, 0.29) is 0 Å². The minimum Gasteiger partial charge on any atom is -0.379 e. The Bertz CT molecular complexity index is 1080. The lowest BCUT2D eigenvalue weighted by Crippen LogP contribution is -2.49. The van der Waals surface area contributed by atoms with Gasteiger partial charge in [-0.3, -0.25) is 9.80 Å². The van der Waals surface area contributed by atoms with Gasteiger partial charge < -0.3 is 19.9 Å². The summed E-state index contributed by atoms with van der Waals surface area (Å²) in [5, 5.41) is 3.74. The largest absolute Gasteiger partial charge is 0.379 e. The molecular weight excluding hydrogens is 440 g/mol. The predicted molar refractivity (Wildman–Crippen MR) is 138 cm³/mol. The van der Waals surface area contributed by atoms with E-state index in [9.17, 15) is 0 Å². The zero-order chi connectivity index (χ0) is 23.5. The first-order valence-corrected chi connectivity index (χ1v) is 13.1. The number of ether oxygens (including phenoxy) is 1. The molecule has 3 fully saturated rings. The number of rotatable bonds is 6. The fourth-order valence-corrected chi connectivity index (χ4v) is 5.71. The van der Waals surface area contributed by atoms with E-state index in [0.717, 1.165) is 108 Å². The van der Waals surface area contributed by atoms with Gasteiger partial charge in [0.1, 0.15) is 5.52 Å². The maximum atomic E-state index is 5.53. The van der Waals surface area contributed by atoms with E-state index >= 15 is 0 Å². The van der Waals surface area contributed by atoms with Gasteiger partial charge in [0.25, 0.3) is 0 Å². The molecule has 0 unspecified atom stereocenters. The Balaban J connectivity index is 1.09. The topological polar surface area (TPSA) is 85.4 Å². The average Bonchev–Trinajstić information content (AvgIpc) is 3.40. The summed E-state index contributed by atoms with van der Waals surface area (Å²) >= 11 is 0. The molecule has 35 heavy (non-hydrogen) atoms. The van der Waals surface area contributed by atoms with Gasteiger partial charge in [0.05, 0.1) is 19.5 Å². The molecule has 2 aromatic heterocycles. The van der Waals surface area contributed by atoms with Gasteiger partial charge in [-0.1, -0.05) is 30.3 Å². The van der Waals surface area contributed by atoms with Gasteiger partial charge in [-0.2, -0.15) is 9.97 Å². The Kier molecular flexibility index (Phi) is 6.79. The van der Waals surface area contributed by atoms with Gasteiger partial charge in [0, 0.05) is 57.9 Å². The number of likely N-dealkylation sites (tertiary alicyclic amines) is 1. The van der Waals surface area contributed by atoms with Crippen LogP contribution in [-0.4, -0.2) is 94.3 Å². The number of H-pyrrole nitrogens is 1. The first kappa shape index (κ1) is 22.7. The van der Waals surface area contributed by atoms with Crippen LogP contribution in [0.5, 0.6) is 0 Å². The summed E-state index contributed by atoms with van der Waals surface area (Å²) in [6, 6.07) is 11.8. The van der Waals surface area contributed by atoms with Crippen LogP contribution in [0.15, 0.2) is 36.7 Å². The molecule has 0 bridgehead atoms. The molecule has 6 rings (SSSR count). The van der Waals surface area contributed by atoms with Crippen LogP contribution in [0.25, 0.3) is 11.2 Å². The Morgan fingerprint density at radius 1 is 0.914 bits per heavy atom. The van der Waals surface area contributed by atoms with E-state index in [4.69, 9.17) is 14.7 Å². The standard InChI is InChI=1S/C26H36N8O/c1-2-4-20(5-3-1)18-32-10-6-21(7-11-32)29-25-23-24(28-19-27-23)30-26(31-25)34-12-8-22(9-13-34)33-14-16-35-17-15-33/h1-5,19,21-22H,6-18H2,(H2,27,28,29,30,31). The van der Waals surface area contributed by atoms with E-state index < -0.39 is 0 Å². The lowest BCUT2D eigenvalue weighted by atomic mass is 10.0. The third-order valence-corrected chi connectivity index (χ3v) is 7.76. The predicted octanol–water partition coefficient (Wildman–Crippen LogP) is 2.73. The molecule has 9 heteroatoms. The molecule has 5 heterocycles. The van der Waals surface area contributed by atoms with Gasteiger partial charge in [-0.05, 0) is 31.2 Å². The van der Waals surface area contributed by atoms with Crippen molar-refractivity contribution in [1.82, 2.24) is 29.7 Å². The van der Waals surface area contributed by atoms with Crippen LogP contribution in [0.1, 0.15) is 31.2 Å². The van der Waals surface area contributed by atoms with Gasteiger partial charge >= 0.3 is 0 Å². The van der Waals surface area contributed by atoms with Crippen molar-refractivity contribution in [3.05, 3.63) is 42.2 Å². The monoisotopic (exact) mass is 476 g/mol. The SMILES string of the molecule is c1ccc(CN2CCC(Nc3nc(N4CCC(N5CCOCC5)CC4)nc4nc[nH]c34)CC2)cc1. The Hall–Kier alpha value is -2.75. The van der Waals surface area contributed by atoms with Crippen molar-refractivity contribution in [3.63, 3.8) is 0 Å². The number of imidazole rings is 1. The molecule has 2 N–H and O–H groups in total. The van der Waals surface area contributed by atoms with Gasteiger partial charge in [-0.15, -0.1) is 0 Å². The number of aromatic amines is 1. The number of aromatic nitrogens is 4. The van der Waals surface area contributed by atoms with Crippen molar-refractivity contribution in [2.45, 2.75) is 44.3 Å². The minimum atomic E-state index is 0.406. The molecule has 0 aliphatic carbocycles. The highest BCUT2D eigenvalue weighted by Gasteiger charge is 2.28. The number of anilines is 2. The fourth-order valence-electron chi connectivity index (χ4n) is 5.71. The number of nitrogens with one attached hydrogen (secondary N) is 2. The van der Waals surface area contributed by atoms with Gasteiger partial charge in [0.2, 0.25) is 5.95 Å². The molecule has 0 radical (unpaired) electrons. The third-order valence-electron chi connectivity index (χ3n) is 7.76. The van der Waals surface area contributed by atoms with Crippen molar-refractivity contribution < 1.29 is 4.74 Å². The lowest BCUT2D eigenvalue weighted by molar-refractivity contribution is 0.0114. The second-order valence-electron chi connectivity index (χ2n) is 10.0. The second kappa shape index (κ2) is 10.5. The lowest BCUT2D eigenvalue weighted by Gasteiger charge is -2.40. The highest BCUT2D eigenvalue weighted by atomic mass is 16.5. The smallest absolute Gasteiger partial charge is 0.229 e. The van der Waals surface area contributed by atoms with Crippen LogP contribution in [0.2, 0.25) is 0 Å². The maximum absolute atomic E-state index is 5.53. The molecule has 3 aliphatic rings. The summed E-state index contributed by atoms with van der Waals surface area (Å²) in [6.07, 6.45) is 6.22. The zero-order valence-corrected chi connectivity index (χ0v) is 20.4. The Morgan fingerprint density at radius 2 is 1.69 bits per heavy atom. The van der Waals surface area contributed by atoms with Crippen LogP contribution in [0, 0.1) is 0 Å². The quantitative estimate of drug-likeness (QED) is 0.562. The molecule has 3 aliphatic heterocycles. The zero-order valence-electron chi connectivity index (χ0n) is 20.4. The molecule has 186 valence electrons. The van der Waals surface area contributed by atoms with Crippen LogP contribution < -0.4 is 10.2 Å². The average molecular weight is 477 g/mol. The van der Waals surface area contributed by atoms with Crippen LogP contribution in [0.3, 0.4) is 0 Å². The Morgan fingerprint density at radius 3 is 2.46 bits per heavy atom. The summed E-state index contributed by atoms with van der Waals surface area (Å²) in [7, 11) is 0. The van der Waals surface area contributed by atoms with Crippen molar-refractivity contribution in [2.24, 2.45) is 0 Å². The third kappa shape index (κ3) is 5.27. The minimum absolute atomic E-state index is 0.406. The van der Waals surface area contributed by atoms with Gasteiger partial charge in [-0.25, -0.2) is 4.98 Å². The molecule has 0 atom stereocenters. The summed E-state index contributed by atoms with van der Waals surface area (Å²) in [5.74, 6) is 1.69. The molecule has 9 nitrogen and oxygen atoms in total. The van der Waals surface area contributed by atoms with Crippen molar-refractivity contribution in [3.8, 4) is 0 Å². The molecular formula is C26H36N8O. The van der Waals surface area contributed by atoms with E-state index in [1.165, 1.54) is 5.56 Å². The number of hydrogen-bond donors (Lipinski definition) is 2. The number of hydrogen-bond acceptors (Lipinski definition) is 8. The second-order valence-corrected chi connectivity index (χ2v) is 10.0. The van der Waals surface area contributed by atoms with Crippen molar-refractivity contribution >= 4 is 22.9 Å². The van der Waals surface area contributed by atoms with Crippen LogP contribution in [0.4, 0.5) is 11.8 Å². The number of piperidine rings is 2. The number of morpholine rings is 1. The molecule has 0 amide bonds. The summed E-state index contributed by atoms with van der Waals surface area (Å²) in [6.45, 7) is 8.99. The van der Waals surface area contributed by atoms with E-state index in [1.54, 1.807) is 6.33 Å². The maximum Gasteiger partial charge on any atom is 0.229 e. The first-order chi connectivity index (χ1) is 17.3. The number of benzene rings is 1. The highest BCUT2D eigenvalue weighted by Crippen LogP contribution is 2.27. The first-order valence-electron chi connectivity index (χ1n) is 13.1.